The number of rotatable bonds is 8. The van der Waals surface area contributed by atoms with E-state index in [2.05, 4.69) is 10.6 Å². The number of likely N-dealkylation sites (N-methyl/N-ethyl adjacent to an activating group) is 1. The molecule has 0 fully saturated rings. The average molecular weight is 294 g/mol. The highest BCUT2D eigenvalue weighted by Crippen LogP contribution is 2.28. The fraction of sp³-hybridized carbons (Fsp3) is 0.562. The Morgan fingerprint density at radius 2 is 1.95 bits per heavy atom. The summed E-state index contributed by atoms with van der Waals surface area (Å²) in [6.07, 6.45) is 0.0551. The summed E-state index contributed by atoms with van der Waals surface area (Å²) in [5.74, 6) is 1.09. The predicted octanol–water partition coefficient (Wildman–Crippen LogP) is 2.21. The third kappa shape index (κ3) is 5.63. The van der Waals surface area contributed by atoms with Crippen molar-refractivity contribution in [3.05, 3.63) is 23.8 Å². The summed E-state index contributed by atoms with van der Waals surface area (Å²) in [6, 6.07) is 5.45. The Balaban J connectivity index is 2.72. The molecule has 0 saturated carbocycles. The molecule has 0 aliphatic heterocycles. The molecule has 0 radical (unpaired) electrons. The lowest BCUT2D eigenvalue weighted by molar-refractivity contribution is 0.0950. The zero-order chi connectivity index (χ0) is 15.8. The number of amides is 1. The molecule has 1 rings (SSSR count). The Hall–Kier alpha value is -1.75. The molecule has 0 heterocycles. The monoisotopic (exact) mass is 294 g/mol. The number of hydrogen-bond acceptors (Lipinski definition) is 4. The summed E-state index contributed by atoms with van der Waals surface area (Å²) in [6.45, 7) is 9.43. The van der Waals surface area contributed by atoms with Crippen LogP contribution in [0.15, 0.2) is 18.2 Å². The maximum absolute atomic E-state index is 12.1. The molecule has 21 heavy (non-hydrogen) atoms. The summed E-state index contributed by atoms with van der Waals surface area (Å²) < 4.78 is 10.9. The van der Waals surface area contributed by atoms with Crippen molar-refractivity contribution in [3.8, 4) is 11.5 Å². The molecule has 2 N–H and O–H groups in total. The molecule has 1 aromatic carbocycles. The summed E-state index contributed by atoms with van der Waals surface area (Å²) in [4.78, 5) is 12.1. The van der Waals surface area contributed by atoms with Gasteiger partial charge in [-0.15, -0.1) is 0 Å². The van der Waals surface area contributed by atoms with Crippen LogP contribution in [0.25, 0.3) is 0 Å². The van der Waals surface area contributed by atoms with E-state index in [-0.39, 0.29) is 18.1 Å². The first kappa shape index (κ1) is 17.3. The number of ether oxygens (including phenoxy) is 2. The standard InChI is InChI=1S/C16H26N2O3/c1-6-17-12(4)10-18-16(19)13-7-8-14(21-11(2)3)15(9-13)20-5/h7-9,11-12,17H,6,10H2,1-5H3,(H,18,19)/t12-/m1/s1. The minimum absolute atomic E-state index is 0.0551. The normalized spacial score (nSPS) is 12.1. The van der Waals surface area contributed by atoms with E-state index in [9.17, 15) is 4.79 Å². The van der Waals surface area contributed by atoms with Crippen molar-refractivity contribution >= 4 is 5.91 Å². The van der Waals surface area contributed by atoms with Gasteiger partial charge in [-0.25, -0.2) is 0 Å². The van der Waals surface area contributed by atoms with Crippen LogP contribution in [0.2, 0.25) is 0 Å². The lowest BCUT2D eigenvalue weighted by atomic mass is 10.2. The number of benzene rings is 1. The van der Waals surface area contributed by atoms with Crippen molar-refractivity contribution in [2.24, 2.45) is 0 Å². The van der Waals surface area contributed by atoms with Gasteiger partial charge in [-0.3, -0.25) is 4.79 Å². The predicted molar refractivity (Wildman–Crippen MR) is 84.2 cm³/mol. The highest BCUT2D eigenvalue weighted by atomic mass is 16.5. The van der Waals surface area contributed by atoms with E-state index in [0.29, 0.717) is 23.6 Å². The maximum atomic E-state index is 12.1. The van der Waals surface area contributed by atoms with Gasteiger partial charge in [0.1, 0.15) is 0 Å². The van der Waals surface area contributed by atoms with Gasteiger partial charge in [0.05, 0.1) is 13.2 Å². The molecule has 0 aliphatic rings. The quantitative estimate of drug-likeness (QED) is 0.772. The molecular formula is C16H26N2O3. The van der Waals surface area contributed by atoms with Gasteiger partial charge >= 0.3 is 0 Å². The molecule has 1 aromatic rings. The number of carbonyl (C=O) groups excluding carboxylic acids is 1. The average Bonchev–Trinajstić information content (AvgIpc) is 2.45. The molecular weight excluding hydrogens is 268 g/mol. The molecule has 0 aliphatic carbocycles. The van der Waals surface area contributed by atoms with E-state index >= 15 is 0 Å². The van der Waals surface area contributed by atoms with Gasteiger partial charge in [-0.05, 0) is 45.5 Å². The van der Waals surface area contributed by atoms with Crippen molar-refractivity contribution < 1.29 is 14.3 Å². The Kier molecular flexibility index (Phi) is 7.02. The van der Waals surface area contributed by atoms with Crippen molar-refractivity contribution in [1.82, 2.24) is 10.6 Å². The lowest BCUT2D eigenvalue weighted by Gasteiger charge is -2.15. The third-order valence-electron chi connectivity index (χ3n) is 2.91. The van der Waals surface area contributed by atoms with E-state index in [0.717, 1.165) is 6.54 Å². The Morgan fingerprint density at radius 3 is 2.52 bits per heavy atom. The highest BCUT2D eigenvalue weighted by Gasteiger charge is 2.12. The molecule has 0 unspecified atom stereocenters. The second kappa shape index (κ2) is 8.52. The molecule has 0 aromatic heterocycles. The zero-order valence-electron chi connectivity index (χ0n) is 13.5. The van der Waals surface area contributed by atoms with Crippen LogP contribution in [0, 0.1) is 0 Å². The molecule has 1 atom stereocenters. The number of hydrogen-bond donors (Lipinski definition) is 2. The van der Waals surface area contributed by atoms with Gasteiger partial charge in [0, 0.05) is 18.2 Å². The Bertz CT molecular complexity index is 461. The zero-order valence-corrected chi connectivity index (χ0v) is 13.5. The summed E-state index contributed by atoms with van der Waals surface area (Å²) in [5, 5.41) is 6.14. The summed E-state index contributed by atoms with van der Waals surface area (Å²) >= 11 is 0. The molecule has 0 bridgehead atoms. The molecule has 5 nitrogen and oxygen atoms in total. The van der Waals surface area contributed by atoms with Crippen LogP contribution in [0.5, 0.6) is 11.5 Å². The van der Waals surface area contributed by atoms with Gasteiger partial charge in [0.25, 0.3) is 5.91 Å². The van der Waals surface area contributed by atoms with E-state index in [1.165, 1.54) is 0 Å². The fourth-order valence-corrected chi connectivity index (χ4v) is 1.93. The molecule has 0 saturated heterocycles. The van der Waals surface area contributed by atoms with Gasteiger partial charge < -0.3 is 20.1 Å². The third-order valence-corrected chi connectivity index (χ3v) is 2.91. The maximum Gasteiger partial charge on any atom is 0.251 e. The van der Waals surface area contributed by atoms with Gasteiger partial charge in [-0.2, -0.15) is 0 Å². The van der Waals surface area contributed by atoms with Gasteiger partial charge in [-0.1, -0.05) is 6.92 Å². The second-order valence-corrected chi connectivity index (χ2v) is 5.20. The van der Waals surface area contributed by atoms with E-state index in [1.54, 1.807) is 25.3 Å². The first-order valence-electron chi connectivity index (χ1n) is 7.34. The van der Waals surface area contributed by atoms with E-state index < -0.39 is 0 Å². The van der Waals surface area contributed by atoms with Crippen LogP contribution in [-0.2, 0) is 0 Å². The van der Waals surface area contributed by atoms with Crippen molar-refractivity contribution in [2.75, 3.05) is 20.2 Å². The van der Waals surface area contributed by atoms with Crippen LogP contribution in [0.1, 0.15) is 38.1 Å². The van der Waals surface area contributed by atoms with Gasteiger partial charge in [0.15, 0.2) is 11.5 Å². The van der Waals surface area contributed by atoms with Crippen LogP contribution in [0.3, 0.4) is 0 Å². The summed E-state index contributed by atoms with van der Waals surface area (Å²) in [5.41, 5.74) is 0.562. The highest BCUT2D eigenvalue weighted by molar-refractivity contribution is 5.94. The van der Waals surface area contributed by atoms with Crippen molar-refractivity contribution in [3.63, 3.8) is 0 Å². The van der Waals surface area contributed by atoms with E-state index in [4.69, 9.17) is 9.47 Å². The fourth-order valence-electron chi connectivity index (χ4n) is 1.93. The number of nitrogens with one attached hydrogen (secondary N) is 2. The largest absolute Gasteiger partial charge is 0.493 e. The van der Waals surface area contributed by atoms with E-state index in [1.807, 2.05) is 27.7 Å². The minimum Gasteiger partial charge on any atom is -0.493 e. The first-order chi connectivity index (χ1) is 9.97. The topological polar surface area (TPSA) is 59.6 Å². The van der Waals surface area contributed by atoms with Crippen LogP contribution in [0.4, 0.5) is 0 Å². The lowest BCUT2D eigenvalue weighted by Crippen LogP contribution is -2.38. The van der Waals surface area contributed by atoms with Crippen LogP contribution in [-0.4, -0.2) is 38.3 Å². The molecule has 0 spiro atoms. The molecule has 118 valence electrons. The van der Waals surface area contributed by atoms with Crippen molar-refractivity contribution in [1.29, 1.82) is 0 Å². The molecule has 1 amide bonds. The number of methoxy groups -OCH3 is 1. The molecule has 5 heteroatoms. The SMILES string of the molecule is CCN[C@H](C)CNC(=O)c1ccc(OC(C)C)c(OC)c1. The van der Waals surface area contributed by atoms with Crippen LogP contribution < -0.4 is 20.1 Å². The van der Waals surface area contributed by atoms with Crippen LogP contribution >= 0.6 is 0 Å². The second-order valence-electron chi connectivity index (χ2n) is 5.20. The Labute approximate surface area is 127 Å². The minimum atomic E-state index is -0.117. The number of carbonyl (C=O) groups is 1. The smallest absolute Gasteiger partial charge is 0.251 e. The summed E-state index contributed by atoms with van der Waals surface area (Å²) in [7, 11) is 1.57. The van der Waals surface area contributed by atoms with Crippen molar-refractivity contribution in [2.45, 2.75) is 39.8 Å². The first-order valence-corrected chi connectivity index (χ1v) is 7.34. The van der Waals surface area contributed by atoms with Gasteiger partial charge in [0.2, 0.25) is 0 Å². The Morgan fingerprint density at radius 1 is 1.24 bits per heavy atom.